The van der Waals surface area contributed by atoms with E-state index in [1.807, 2.05) is 12.1 Å². The predicted molar refractivity (Wildman–Crippen MR) is 98.8 cm³/mol. The Kier molecular flexibility index (Phi) is 6.09. The number of ether oxygens (including phenoxy) is 2. The molecule has 1 N–H and O–H groups in total. The Bertz CT molecular complexity index is 760. The first-order valence-corrected chi connectivity index (χ1v) is 8.88. The summed E-state index contributed by atoms with van der Waals surface area (Å²) in [5, 5.41) is 2.63. The number of benzene rings is 1. The SMILES string of the molecule is CN1CC(=O)N(CC(=O)OCC(=O)Nc2ccc(N3CCOCC3)cc2)C1=O. The van der Waals surface area contributed by atoms with E-state index in [0.717, 1.165) is 23.7 Å². The van der Waals surface area contributed by atoms with Crippen LogP contribution in [-0.2, 0) is 23.9 Å². The van der Waals surface area contributed by atoms with E-state index in [2.05, 4.69) is 10.2 Å². The highest BCUT2D eigenvalue weighted by Crippen LogP contribution is 2.19. The predicted octanol–water partition coefficient (Wildman–Crippen LogP) is -0.101. The van der Waals surface area contributed by atoms with Crippen molar-refractivity contribution in [1.29, 1.82) is 0 Å². The lowest BCUT2D eigenvalue weighted by molar-refractivity contribution is -0.149. The van der Waals surface area contributed by atoms with Crippen molar-refractivity contribution < 1.29 is 28.7 Å². The number of esters is 1. The Morgan fingerprint density at radius 3 is 2.43 bits per heavy atom. The number of imide groups is 1. The van der Waals surface area contributed by atoms with Crippen LogP contribution in [0.25, 0.3) is 0 Å². The zero-order chi connectivity index (χ0) is 20.1. The molecule has 0 aromatic heterocycles. The van der Waals surface area contributed by atoms with Gasteiger partial charge in [-0.15, -0.1) is 0 Å². The van der Waals surface area contributed by atoms with Crippen LogP contribution in [0.4, 0.5) is 16.2 Å². The van der Waals surface area contributed by atoms with E-state index in [9.17, 15) is 19.2 Å². The molecular weight excluding hydrogens is 368 g/mol. The minimum atomic E-state index is -0.824. The molecule has 2 aliphatic heterocycles. The molecule has 0 unspecified atom stereocenters. The van der Waals surface area contributed by atoms with Crippen molar-refractivity contribution in [2.45, 2.75) is 0 Å². The van der Waals surface area contributed by atoms with E-state index in [0.29, 0.717) is 18.9 Å². The van der Waals surface area contributed by atoms with Gasteiger partial charge in [-0.2, -0.15) is 0 Å². The second-order valence-corrected chi connectivity index (χ2v) is 6.47. The molecule has 2 aliphatic rings. The van der Waals surface area contributed by atoms with Gasteiger partial charge in [0.2, 0.25) is 0 Å². The first kappa shape index (κ1) is 19.6. The minimum Gasteiger partial charge on any atom is -0.454 e. The van der Waals surface area contributed by atoms with Gasteiger partial charge in [0.25, 0.3) is 11.8 Å². The van der Waals surface area contributed by atoms with Crippen LogP contribution in [0.3, 0.4) is 0 Å². The number of hydrogen-bond donors (Lipinski definition) is 1. The number of urea groups is 1. The number of morpholine rings is 1. The summed E-state index contributed by atoms with van der Waals surface area (Å²) in [6.45, 7) is 1.93. The van der Waals surface area contributed by atoms with Crippen molar-refractivity contribution in [3.8, 4) is 0 Å². The normalized spacial score (nSPS) is 17.1. The molecule has 0 bridgehead atoms. The number of hydrogen-bond acceptors (Lipinski definition) is 7. The Hall–Kier alpha value is -3.14. The summed E-state index contributed by atoms with van der Waals surface area (Å²) < 4.78 is 10.2. The van der Waals surface area contributed by atoms with Gasteiger partial charge in [0.1, 0.15) is 13.1 Å². The Balaban J connectivity index is 1.43. The van der Waals surface area contributed by atoms with E-state index < -0.39 is 37.0 Å². The molecule has 1 aromatic rings. The zero-order valence-electron chi connectivity index (χ0n) is 15.6. The molecule has 1 aromatic carbocycles. The minimum absolute atomic E-state index is 0.0763. The van der Waals surface area contributed by atoms with Crippen LogP contribution >= 0.6 is 0 Å². The number of rotatable bonds is 6. The molecule has 3 rings (SSSR count). The van der Waals surface area contributed by atoms with Gasteiger partial charge >= 0.3 is 12.0 Å². The van der Waals surface area contributed by atoms with Crippen molar-refractivity contribution in [2.75, 3.05) is 63.3 Å². The summed E-state index contributed by atoms with van der Waals surface area (Å²) in [7, 11) is 1.46. The molecule has 150 valence electrons. The van der Waals surface area contributed by atoms with Gasteiger partial charge in [0.15, 0.2) is 6.61 Å². The van der Waals surface area contributed by atoms with Crippen LogP contribution in [0.2, 0.25) is 0 Å². The van der Waals surface area contributed by atoms with E-state index in [4.69, 9.17) is 9.47 Å². The molecule has 10 heteroatoms. The molecule has 28 heavy (non-hydrogen) atoms. The fourth-order valence-corrected chi connectivity index (χ4v) is 2.92. The van der Waals surface area contributed by atoms with Crippen LogP contribution in [0.5, 0.6) is 0 Å². The molecule has 0 spiro atoms. The average Bonchev–Trinajstić information content (AvgIpc) is 2.94. The van der Waals surface area contributed by atoms with Gasteiger partial charge in [-0.3, -0.25) is 19.3 Å². The van der Waals surface area contributed by atoms with Gasteiger partial charge in [-0.1, -0.05) is 0 Å². The summed E-state index contributed by atoms with van der Waals surface area (Å²) in [5.41, 5.74) is 1.61. The number of anilines is 2. The maximum Gasteiger partial charge on any atom is 0.327 e. The fourth-order valence-electron chi connectivity index (χ4n) is 2.92. The first-order chi connectivity index (χ1) is 13.4. The smallest absolute Gasteiger partial charge is 0.327 e. The highest BCUT2D eigenvalue weighted by molar-refractivity contribution is 6.04. The topological polar surface area (TPSA) is 108 Å². The van der Waals surface area contributed by atoms with Crippen molar-refractivity contribution in [3.63, 3.8) is 0 Å². The van der Waals surface area contributed by atoms with Crippen molar-refractivity contribution in [1.82, 2.24) is 9.80 Å². The monoisotopic (exact) mass is 390 g/mol. The Morgan fingerprint density at radius 1 is 1.14 bits per heavy atom. The quantitative estimate of drug-likeness (QED) is 0.534. The van der Waals surface area contributed by atoms with Gasteiger partial charge in [-0.25, -0.2) is 4.79 Å². The molecule has 2 fully saturated rings. The molecule has 0 radical (unpaired) electrons. The lowest BCUT2D eigenvalue weighted by atomic mass is 10.2. The van der Waals surface area contributed by atoms with Gasteiger partial charge in [-0.05, 0) is 24.3 Å². The van der Waals surface area contributed by atoms with Crippen LogP contribution in [0.1, 0.15) is 0 Å². The highest BCUT2D eigenvalue weighted by Gasteiger charge is 2.35. The van der Waals surface area contributed by atoms with Gasteiger partial charge < -0.3 is 24.6 Å². The molecule has 4 amide bonds. The molecule has 10 nitrogen and oxygen atoms in total. The summed E-state index contributed by atoms with van der Waals surface area (Å²) in [6.07, 6.45) is 0. The maximum absolute atomic E-state index is 12.0. The molecule has 0 atom stereocenters. The first-order valence-electron chi connectivity index (χ1n) is 8.88. The fraction of sp³-hybridized carbons (Fsp3) is 0.444. The summed E-state index contributed by atoms with van der Waals surface area (Å²) in [6, 6.07) is 6.76. The van der Waals surface area contributed by atoms with E-state index in [1.54, 1.807) is 12.1 Å². The average molecular weight is 390 g/mol. The number of carbonyl (C=O) groups is 4. The van der Waals surface area contributed by atoms with Crippen molar-refractivity contribution in [2.24, 2.45) is 0 Å². The largest absolute Gasteiger partial charge is 0.454 e. The van der Waals surface area contributed by atoms with Gasteiger partial charge in [0.05, 0.1) is 13.2 Å². The molecule has 2 heterocycles. The third-order valence-electron chi connectivity index (χ3n) is 4.41. The third kappa shape index (κ3) is 4.77. The van der Waals surface area contributed by atoms with Crippen LogP contribution in [-0.4, -0.2) is 86.7 Å². The van der Waals surface area contributed by atoms with Crippen LogP contribution in [0.15, 0.2) is 24.3 Å². The lowest BCUT2D eigenvalue weighted by Gasteiger charge is -2.28. The molecular formula is C18H22N4O6. The number of nitrogens with one attached hydrogen (secondary N) is 1. The number of carbonyl (C=O) groups excluding carboxylic acids is 4. The van der Waals surface area contributed by atoms with Crippen molar-refractivity contribution >= 4 is 35.2 Å². The Labute approximate surface area is 162 Å². The standard InChI is InChI=1S/C18H22N4O6/c1-20-10-16(24)22(18(20)26)11-17(25)28-12-15(23)19-13-2-4-14(5-3-13)21-6-8-27-9-7-21/h2-5H,6-12H2,1H3,(H,19,23). The van der Waals surface area contributed by atoms with Gasteiger partial charge in [0, 0.05) is 31.5 Å². The number of nitrogens with zero attached hydrogens (tertiary/aromatic N) is 3. The van der Waals surface area contributed by atoms with Crippen molar-refractivity contribution in [3.05, 3.63) is 24.3 Å². The van der Waals surface area contributed by atoms with E-state index in [1.165, 1.54) is 11.9 Å². The zero-order valence-corrected chi connectivity index (χ0v) is 15.6. The third-order valence-corrected chi connectivity index (χ3v) is 4.41. The maximum atomic E-state index is 12.0. The van der Waals surface area contributed by atoms with E-state index >= 15 is 0 Å². The number of likely N-dealkylation sites (N-methyl/N-ethyl adjacent to an activating group) is 1. The highest BCUT2D eigenvalue weighted by atomic mass is 16.5. The summed E-state index contributed by atoms with van der Waals surface area (Å²) in [5.74, 6) is -1.81. The second kappa shape index (κ2) is 8.70. The van der Waals surface area contributed by atoms with E-state index in [-0.39, 0.29) is 6.54 Å². The summed E-state index contributed by atoms with van der Waals surface area (Å²) in [4.78, 5) is 51.2. The number of amides is 4. The molecule has 0 saturated carbocycles. The Morgan fingerprint density at radius 2 is 1.82 bits per heavy atom. The molecule has 2 saturated heterocycles. The van der Waals surface area contributed by atoms with Crippen LogP contribution < -0.4 is 10.2 Å². The van der Waals surface area contributed by atoms with Crippen LogP contribution in [0, 0.1) is 0 Å². The molecule has 0 aliphatic carbocycles. The second-order valence-electron chi connectivity index (χ2n) is 6.47. The lowest BCUT2D eigenvalue weighted by Crippen LogP contribution is -2.37. The summed E-state index contributed by atoms with van der Waals surface area (Å²) >= 11 is 0.